The first-order valence-corrected chi connectivity index (χ1v) is 8.13. The van der Waals surface area contributed by atoms with E-state index in [9.17, 15) is 9.59 Å². The van der Waals surface area contributed by atoms with E-state index >= 15 is 0 Å². The van der Waals surface area contributed by atoms with Gasteiger partial charge >= 0.3 is 12.0 Å². The highest BCUT2D eigenvalue weighted by molar-refractivity contribution is 5.74. The fourth-order valence-corrected chi connectivity index (χ4v) is 3.58. The van der Waals surface area contributed by atoms with Crippen LogP contribution in [0.15, 0.2) is 0 Å². The maximum atomic E-state index is 12.3. The summed E-state index contributed by atoms with van der Waals surface area (Å²) in [6.07, 6.45) is 6.15. The average molecular weight is 296 g/mol. The fraction of sp³-hybridized carbons (Fsp3) is 0.875. The van der Waals surface area contributed by atoms with Crippen LogP contribution in [-0.4, -0.2) is 41.1 Å². The first-order chi connectivity index (χ1) is 9.85. The molecule has 1 aliphatic heterocycles. The number of nitrogens with zero attached hydrogens (tertiary/aromatic N) is 1. The molecule has 1 unspecified atom stereocenters. The monoisotopic (exact) mass is 296 g/mol. The molecule has 0 bridgehead atoms. The van der Waals surface area contributed by atoms with Crippen LogP contribution in [0.2, 0.25) is 0 Å². The molecule has 2 fully saturated rings. The maximum Gasteiger partial charge on any atom is 0.317 e. The van der Waals surface area contributed by atoms with Gasteiger partial charge in [-0.2, -0.15) is 0 Å². The third-order valence-corrected chi connectivity index (χ3v) is 4.96. The Morgan fingerprint density at radius 1 is 1.24 bits per heavy atom. The molecule has 5 heteroatoms. The second-order valence-corrected chi connectivity index (χ2v) is 7.42. The predicted octanol–water partition coefficient (Wildman–Crippen LogP) is 2.85. The van der Waals surface area contributed by atoms with Crippen LogP contribution < -0.4 is 5.32 Å². The first kappa shape index (κ1) is 16.1. The summed E-state index contributed by atoms with van der Waals surface area (Å²) in [4.78, 5) is 24.7. The maximum absolute atomic E-state index is 12.3. The molecule has 5 nitrogen and oxygen atoms in total. The van der Waals surface area contributed by atoms with Gasteiger partial charge in [-0.3, -0.25) is 4.79 Å². The Bertz CT molecular complexity index is 387. The van der Waals surface area contributed by atoms with Crippen LogP contribution in [0.1, 0.15) is 58.8 Å². The Morgan fingerprint density at radius 3 is 2.43 bits per heavy atom. The van der Waals surface area contributed by atoms with Crippen molar-refractivity contribution in [2.45, 2.75) is 64.8 Å². The van der Waals surface area contributed by atoms with E-state index in [1.165, 1.54) is 6.42 Å². The fourth-order valence-electron chi connectivity index (χ4n) is 3.58. The number of nitrogens with one attached hydrogen (secondary N) is 1. The Kier molecular flexibility index (Phi) is 5.12. The van der Waals surface area contributed by atoms with Crippen molar-refractivity contribution in [2.24, 2.45) is 11.3 Å². The van der Waals surface area contributed by atoms with Crippen molar-refractivity contribution >= 4 is 12.0 Å². The number of piperidine rings is 1. The average Bonchev–Trinajstić information content (AvgIpc) is 2.76. The molecule has 0 aromatic rings. The number of carboxylic acids is 1. The third-order valence-electron chi connectivity index (χ3n) is 4.96. The van der Waals surface area contributed by atoms with Gasteiger partial charge in [-0.15, -0.1) is 0 Å². The summed E-state index contributed by atoms with van der Waals surface area (Å²) in [7, 11) is 0. The van der Waals surface area contributed by atoms with Crippen molar-refractivity contribution in [3.8, 4) is 0 Å². The van der Waals surface area contributed by atoms with Gasteiger partial charge in [0.2, 0.25) is 0 Å². The molecule has 1 atom stereocenters. The quantitative estimate of drug-likeness (QED) is 0.838. The minimum atomic E-state index is -0.723. The van der Waals surface area contributed by atoms with Gasteiger partial charge in [-0.25, -0.2) is 4.79 Å². The second-order valence-electron chi connectivity index (χ2n) is 7.42. The normalized spacial score (nSPS) is 25.8. The second kappa shape index (κ2) is 6.67. The van der Waals surface area contributed by atoms with Crippen LogP contribution >= 0.6 is 0 Å². The summed E-state index contributed by atoms with van der Waals surface area (Å²) in [6, 6.07) is 0.381. The van der Waals surface area contributed by atoms with Gasteiger partial charge in [0.15, 0.2) is 0 Å². The third kappa shape index (κ3) is 4.90. The van der Waals surface area contributed by atoms with E-state index in [2.05, 4.69) is 19.2 Å². The summed E-state index contributed by atoms with van der Waals surface area (Å²) in [5.41, 5.74) is 0.349. The summed E-state index contributed by atoms with van der Waals surface area (Å²) in [5, 5.41) is 11.9. The van der Waals surface area contributed by atoms with Crippen molar-refractivity contribution in [3.05, 3.63) is 0 Å². The molecule has 21 heavy (non-hydrogen) atoms. The van der Waals surface area contributed by atoms with Crippen molar-refractivity contribution in [1.82, 2.24) is 10.2 Å². The lowest BCUT2D eigenvalue weighted by Crippen LogP contribution is -2.47. The van der Waals surface area contributed by atoms with E-state index in [0.29, 0.717) is 17.4 Å². The lowest BCUT2D eigenvalue weighted by molar-refractivity contribution is -0.137. The molecule has 2 aliphatic rings. The Morgan fingerprint density at radius 2 is 1.90 bits per heavy atom. The topological polar surface area (TPSA) is 69.6 Å². The molecule has 1 aliphatic carbocycles. The van der Waals surface area contributed by atoms with Gasteiger partial charge in [0.05, 0.1) is 0 Å². The SMILES string of the molecule is CC1(C)CCC(NC(=O)N2CCC(CCC(=O)O)CC2)C1. The molecule has 1 saturated heterocycles. The number of rotatable bonds is 4. The van der Waals surface area contributed by atoms with Crippen LogP contribution in [-0.2, 0) is 4.79 Å². The zero-order valence-electron chi connectivity index (χ0n) is 13.2. The van der Waals surface area contributed by atoms with Gasteiger partial charge < -0.3 is 15.3 Å². The van der Waals surface area contributed by atoms with E-state index in [1.807, 2.05) is 4.90 Å². The van der Waals surface area contributed by atoms with Gasteiger partial charge in [-0.1, -0.05) is 13.8 Å². The standard InChI is InChI=1S/C16H28N2O3/c1-16(2)8-5-13(11-16)17-15(21)18-9-6-12(7-10-18)3-4-14(19)20/h12-13H,3-11H2,1-2H3,(H,17,21)(H,19,20). The molecule has 0 aromatic heterocycles. The van der Waals surface area contributed by atoms with Crippen molar-refractivity contribution in [2.75, 3.05) is 13.1 Å². The van der Waals surface area contributed by atoms with Crippen LogP contribution in [0.25, 0.3) is 0 Å². The van der Waals surface area contributed by atoms with E-state index in [-0.39, 0.29) is 12.5 Å². The minimum Gasteiger partial charge on any atom is -0.481 e. The molecule has 1 saturated carbocycles. The summed E-state index contributed by atoms with van der Waals surface area (Å²) in [6.45, 7) is 6.03. The lowest BCUT2D eigenvalue weighted by atomic mass is 9.91. The molecule has 0 spiro atoms. The van der Waals surface area contributed by atoms with Crippen molar-refractivity contribution in [1.29, 1.82) is 0 Å². The molecule has 2 rings (SSSR count). The number of carbonyl (C=O) groups excluding carboxylic acids is 1. The van der Waals surface area contributed by atoms with Crippen molar-refractivity contribution < 1.29 is 14.7 Å². The van der Waals surface area contributed by atoms with Gasteiger partial charge in [-0.05, 0) is 49.9 Å². The van der Waals surface area contributed by atoms with E-state index < -0.39 is 5.97 Å². The Balaban J connectivity index is 1.70. The zero-order chi connectivity index (χ0) is 15.5. The largest absolute Gasteiger partial charge is 0.481 e. The molecule has 1 heterocycles. The summed E-state index contributed by atoms with van der Waals surface area (Å²) < 4.78 is 0. The van der Waals surface area contributed by atoms with Crippen LogP contribution in [0.3, 0.4) is 0 Å². The minimum absolute atomic E-state index is 0.0642. The highest BCUT2D eigenvalue weighted by Crippen LogP contribution is 2.37. The van der Waals surface area contributed by atoms with Crippen LogP contribution in [0.5, 0.6) is 0 Å². The highest BCUT2D eigenvalue weighted by atomic mass is 16.4. The highest BCUT2D eigenvalue weighted by Gasteiger charge is 2.33. The Labute approximate surface area is 127 Å². The molecule has 0 aromatic carbocycles. The van der Waals surface area contributed by atoms with E-state index in [0.717, 1.165) is 45.2 Å². The number of urea groups is 1. The Hall–Kier alpha value is -1.26. The van der Waals surface area contributed by atoms with Gasteiger partial charge in [0, 0.05) is 25.6 Å². The van der Waals surface area contributed by atoms with Crippen LogP contribution in [0.4, 0.5) is 4.79 Å². The molecular formula is C16H28N2O3. The number of likely N-dealkylation sites (tertiary alicyclic amines) is 1. The first-order valence-electron chi connectivity index (χ1n) is 8.13. The number of aliphatic carboxylic acids is 1. The van der Waals surface area contributed by atoms with Crippen molar-refractivity contribution in [3.63, 3.8) is 0 Å². The van der Waals surface area contributed by atoms with Crippen LogP contribution in [0, 0.1) is 11.3 Å². The van der Waals surface area contributed by atoms with Gasteiger partial charge in [0.1, 0.15) is 0 Å². The van der Waals surface area contributed by atoms with Gasteiger partial charge in [0.25, 0.3) is 0 Å². The number of amides is 2. The number of hydrogen-bond acceptors (Lipinski definition) is 2. The molecule has 2 amide bonds. The molecule has 120 valence electrons. The van der Waals surface area contributed by atoms with E-state index in [4.69, 9.17) is 5.11 Å². The number of carboxylic acid groups (broad SMARTS) is 1. The van der Waals surface area contributed by atoms with E-state index in [1.54, 1.807) is 0 Å². The molecule has 0 radical (unpaired) electrons. The summed E-state index contributed by atoms with van der Waals surface area (Å²) in [5.74, 6) is -0.269. The lowest BCUT2D eigenvalue weighted by Gasteiger charge is -2.32. The molecule has 2 N–H and O–H groups in total. The summed E-state index contributed by atoms with van der Waals surface area (Å²) >= 11 is 0. The number of carbonyl (C=O) groups is 2. The molecular weight excluding hydrogens is 268 g/mol. The predicted molar refractivity (Wildman–Crippen MR) is 81.1 cm³/mol. The smallest absolute Gasteiger partial charge is 0.317 e. The zero-order valence-corrected chi connectivity index (χ0v) is 13.2. The number of hydrogen-bond donors (Lipinski definition) is 2.